The molecule has 0 radical (unpaired) electrons. The fraction of sp³-hybridized carbons (Fsp3) is 0.815. The van der Waals surface area contributed by atoms with Gasteiger partial charge in [0.25, 0.3) is 5.91 Å². The van der Waals surface area contributed by atoms with Crippen LogP contribution in [0.3, 0.4) is 0 Å². The van der Waals surface area contributed by atoms with Crippen LogP contribution >= 0.6 is 0 Å². The van der Waals surface area contributed by atoms with E-state index >= 15 is 0 Å². The molecular weight excluding hydrogens is 426 g/mol. The molecular formula is C27H43N5O2. The monoisotopic (exact) mass is 469 g/mol. The molecule has 3 N–H and O–H groups in total. The molecule has 0 aromatic carbocycles. The Bertz CT molecular complexity index is 887. The smallest absolute Gasteiger partial charge is 0.269 e. The Balaban J connectivity index is 1.12. The van der Waals surface area contributed by atoms with Gasteiger partial charge in [0, 0.05) is 30.1 Å². The van der Waals surface area contributed by atoms with Gasteiger partial charge >= 0.3 is 0 Å². The molecule has 1 heterocycles. The van der Waals surface area contributed by atoms with Crippen LogP contribution in [-0.2, 0) is 17.3 Å². The second-order valence-electron chi connectivity index (χ2n) is 12.9. The van der Waals surface area contributed by atoms with Crippen LogP contribution < -0.4 is 16.0 Å². The van der Waals surface area contributed by atoms with Gasteiger partial charge in [0.2, 0.25) is 5.91 Å². The Kier molecular flexibility index (Phi) is 6.28. The van der Waals surface area contributed by atoms with Gasteiger partial charge in [0.05, 0.1) is 12.2 Å². The lowest BCUT2D eigenvalue weighted by atomic mass is 9.49. The van der Waals surface area contributed by atoms with E-state index in [1.165, 1.54) is 38.5 Å². The second kappa shape index (κ2) is 8.96. The SMILES string of the molecule is Cn1nc(C23CC4CC(CC(C4)C2)C3)cc1C(=O)NCC(=O)NC1CCC(NC(C)(C)C)CC1. The number of rotatable bonds is 6. The van der Waals surface area contributed by atoms with Crippen LogP contribution in [0, 0.1) is 17.8 Å². The number of carbonyl (C=O) groups is 2. The van der Waals surface area contributed by atoms with Crippen LogP contribution in [0.1, 0.15) is 101 Å². The minimum absolute atomic E-state index is 0.0108. The summed E-state index contributed by atoms with van der Waals surface area (Å²) >= 11 is 0. The highest BCUT2D eigenvalue weighted by atomic mass is 16.2. The number of nitrogens with one attached hydrogen (secondary N) is 3. The van der Waals surface area contributed by atoms with Crippen LogP contribution in [0.25, 0.3) is 0 Å². The summed E-state index contributed by atoms with van der Waals surface area (Å²) in [4.78, 5) is 25.4. The summed E-state index contributed by atoms with van der Waals surface area (Å²) in [6, 6.07) is 2.71. The number of hydrogen-bond donors (Lipinski definition) is 3. The van der Waals surface area contributed by atoms with Crippen molar-refractivity contribution in [3.8, 4) is 0 Å². The van der Waals surface area contributed by atoms with E-state index in [0.717, 1.165) is 49.1 Å². The Morgan fingerprint density at radius 2 is 1.56 bits per heavy atom. The third-order valence-electron chi connectivity index (χ3n) is 8.83. The Morgan fingerprint density at radius 3 is 2.12 bits per heavy atom. The summed E-state index contributed by atoms with van der Waals surface area (Å²) in [5.74, 6) is 2.21. The molecule has 1 aromatic heterocycles. The van der Waals surface area contributed by atoms with Crippen LogP contribution in [0.2, 0.25) is 0 Å². The van der Waals surface area contributed by atoms with E-state index < -0.39 is 0 Å². The largest absolute Gasteiger partial charge is 0.352 e. The Labute approximate surface area is 204 Å². The van der Waals surface area contributed by atoms with Gasteiger partial charge < -0.3 is 16.0 Å². The van der Waals surface area contributed by atoms with Gasteiger partial charge in [-0.3, -0.25) is 14.3 Å². The van der Waals surface area contributed by atoms with Crippen molar-refractivity contribution in [2.24, 2.45) is 24.8 Å². The number of amides is 2. The van der Waals surface area contributed by atoms with E-state index in [9.17, 15) is 9.59 Å². The summed E-state index contributed by atoms with van der Waals surface area (Å²) in [6.45, 7) is 6.59. The first-order valence-electron chi connectivity index (χ1n) is 13.5. The topological polar surface area (TPSA) is 88.0 Å². The van der Waals surface area contributed by atoms with Gasteiger partial charge in [-0.25, -0.2) is 0 Å². The van der Waals surface area contributed by atoms with Gasteiger partial charge in [0.15, 0.2) is 0 Å². The molecule has 0 aliphatic heterocycles. The van der Waals surface area contributed by atoms with Gasteiger partial charge in [0.1, 0.15) is 5.69 Å². The molecule has 5 aliphatic carbocycles. The van der Waals surface area contributed by atoms with Gasteiger partial charge in [-0.1, -0.05) is 0 Å². The predicted molar refractivity (Wildman–Crippen MR) is 132 cm³/mol. The average Bonchev–Trinajstić information content (AvgIpc) is 3.14. The standard InChI is InChI=1S/C27H43N5O2/c1-26(2,3)30-21-7-5-20(6-8-21)29-24(33)16-28-25(34)22-12-23(31-32(22)4)27-13-17-9-18(14-27)11-19(10-17)15-27/h12,17-21,30H,5-11,13-16H2,1-4H3,(H,28,34)(H,29,33). The molecule has 7 nitrogen and oxygen atoms in total. The highest BCUT2D eigenvalue weighted by Crippen LogP contribution is 2.60. The maximum absolute atomic E-state index is 12.9. The minimum atomic E-state index is -0.209. The van der Waals surface area contributed by atoms with Crippen LogP contribution in [-0.4, -0.2) is 45.8 Å². The third kappa shape index (κ3) is 5.05. The van der Waals surface area contributed by atoms with E-state index in [-0.39, 0.29) is 35.4 Å². The highest BCUT2D eigenvalue weighted by molar-refractivity contribution is 5.95. The van der Waals surface area contributed by atoms with E-state index in [0.29, 0.717) is 11.7 Å². The van der Waals surface area contributed by atoms with Crippen molar-refractivity contribution in [1.29, 1.82) is 0 Å². The predicted octanol–water partition coefficient (Wildman–Crippen LogP) is 3.43. The maximum atomic E-state index is 12.9. The van der Waals surface area contributed by atoms with E-state index in [2.05, 4.69) is 36.7 Å². The molecule has 7 heteroatoms. The number of aryl methyl sites for hydroxylation is 1. The zero-order valence-corrected chi connectivity index (χ0v) is 21.5. The lowest BCUT2D eigenvalue weighted by Crippen LogP contribution is -2.49. The van der Waals surface area contributed by atoms with E-state index in [4.69, 9.17) is 5.10 Å². The van der Waals surface area contributed by atoms with E-state index in [1.54, 1.807) is 4.68 Å². The quantitative estimate of drug-likeness (QED) is 0.596. The molecule has 0 atom stereocenters. The molecule has 0 spiro atoms. The molecule has 5 fully saturated rings. The zero-order chi connectivity index (χ0) is 24.1. The molecule has 2 amide bonds. The molecule has 0 saturated heterocycles. The van der Waals surface area contributed by atoms with E-state index in [1.807, 2.05) is 13.1 Å². The average molecular weight is 470 g/mol. The maximum Gasteiger partial charge on any atom is 0.269 e. The molecule has 5 aliphatic rings. The normalized spacial score (nSPS) is 34.8. The number of hydrogen-bond acceptors (Lipinski definition) is 4. The molecule has 6 rings (SSSR count). The molecule has 188 valence electrons. The molecule has 4 bridgehead atoms. The number of carbonyl (C=O) groups excluding carboxylic acids is 2. The van der Waals surface area contributed by atoms with Crippen molar-refractivity contribution in [3.63, 3.8) is 0 Å². The van der Waals surface area contributed by atoms with Crippen molar-refractivity contribution in [1.82, 2.24) is 25.7 Å². The molecule has 34 heavy (non-hydrogen) atoms. The van der Waals surface area contributed by atoms with Crippen molar-refractivity contribution >= 4 is 11.8 Å². The lowest BCUT2D eigenvalue weighted by Gasteiger charge is -2.56. The fourth-order valence-corrected chi connectivity index (χ4v) is 7.89. The number of nitrogens with zero attached hydrogens (tertiary/aromatic N) is 2. The zero-order valence-electron chi connectivity index (χ0n) is 21.5. The lowest BCUT2D eigenvalue weighted by molar-refractivity contribution is -0.121. The van der Waals surface area contributed by atoms with Crippen molar-refractivity contribution < 1.29 is 9.59 Å². The summed E-state index contributed by atoms with van der Waals surface area (Å²) in [6.07, 6.45) is 11.9. The third-order valence-corrected chi connectivity index (χ3v) is 8.83. The molecule has 1 aromatic rings. The second-order valence-corrected chi connectivity index (χ2v) is 12.9. The summed E-state index contributed by atoms with van der Waals surface area (Å²) < 4.78 is 1.71. The summed E-state index contributed by atoms with van der Waals surface area (Å²) in [5.41, 5.74) is 1.95. The summed E-state index contributed by atoms with van der Waals surface area (Å²) in [5, 5.41) is 14.4. The first-order chi connectivity index (χ1) is 16.1. The van der Waals surface area contributed by atoms with Crippen LogP contribution in [0.15, 0.2) is 6.07 Å². The number of aromatic nitrogens is 2. The minimum Gasteiger partial charge on any atom is -0.352 e. The molecule has 0 unspecified atom stereocenters. The van der Waals surface area contributed by atoms with Crippen LogP contribution in [0.5, 0.6) is 0 Å². The summed E-state index contributed by atoms with van der Waals surface area (Å²) in [7, 11) is 1.85. The van der Waals surface area contributed by atoms with Gasteiger partial charge in [-0.15, -0.1) is 0 Å². The van der Waals surface area contributed by atoms with Crippen molar-refractivity contribution in [2.45, 2.75) is 108 Å². The van der Waals surface area contributed by atoms with Crippen LogP contribution in [0.4, 0.5) is 0 Å². The fourth-order valence-electron chi connectivity index (χ4n) is 7.89. The first kappa shape index (κ1) is 23.8. The highest BCUT2D eigenvalue weighted by Gasteiger charge is 2.52. The molecule has 5 saturated carbocycles. The van der Waals surface area contributed by atoms with Gasteiger partial charge in [-0.05, 0) is 109 Å². The first-order valence-corrected chi connectivity index (χ1v) is 13.5. The Hall–Kier alpha value is -1.89. The van der Waals surface area contributed by atoms with Crippen molar-refractivity contribution in [2.75, 3.05) is 6.54 Å². The van der Waals surface area contributed by atoms with Gasteiger partial charge in [-0.2, -0.15) is 5.10 Å². The van der Waals surface area contributed by atoms with Crippen molar-refractivity contribution in [3.05, 3.63) is 17.5 Å². The Morgan fingerprint density at radius 1 is 1.00 bits per heavy atom.